The minimum absolute atomic E-state index is 0.0716. The molecule has 0 amide bonds. The summed E-state index contributed by atoms with van der Waals surface area (Å²) in [5.41, 5.74) is 1.77. The lowest BCUT2D eigenvalue weighted by molar-refractivity contribution is -0.148. The number of aromatic amines is 1. The number of halogens is 3. The van der Waals surface area contributed by atoms with E-state index < -0.39 is 12.7 Å². The smallest absolute Gasteiger partial charge is 0.345 e. The van der Waals surface area contributed by atoms with Crippen LogP contribution < -0.4 is 0 Å². The molecule has 1 aromatic heterocycles. The summed E-state index contributed by atoms with van der Waals surface area (Å²) < 4.78 is 37.2. The molecule has 17 heavy (non-hydrogen) atoms. The van der Waals surface area contributed by atoms with Crippen LogP contribution in [0.4, 0.5) is 13.2 Å². The van der Waals surface area contributed by atoms with Crippen LogP contribution in [0.15, 0.2) is 0 Å². The van der Waals surface area contributed by atoms with Crippen LogP contribution in [0.2, 0.25) is 0 Å². The van der Waals surface area contributed by atoms with Gasteiger partial charge in [-0.2, -0.15) is 13.2 Å². The molecule has 0 saturated heterocycles. The van der Waals surface area contributed by atoms with Gasteiger partial charge in [0, 0.05) is 11.7 Å². The highest BCUT2D eigenvalue weighted by Gasteiger charge is 2.38. The van der Waals surface area contributed by atoms with E-state index in [1.165, 1.54) is 4.90 Å². The molecule has 2 rings (SSSR count). The second kappa shape index (κ2) is 4.33. The van der Waals surface area contributed by atoms with E-state index in [0.29, 0.717) is 5.82 Å². The average Bonchev–Trinajstić information content (AvgIpc) is 2.92. The zero-order valence-electron chi connectivity index (χ0n) is 9.93. The summed E-state index contributed by atoms with van der Waals surface area (Å²) >= 11 is 0. The molecule has 0 bridgehead atoms. The molecule has 0 aromatic carbocycles. The maximum atomic E-state index is 12.4. The maximum absolute atomic E-state index is 12.4. The Morgan fingerprint density at radius 3 is 2.41 bits per heavy atom. The molecule has 0 unspecified atom stereocenters. The van der Waals surface area contributed by atoms with Crippen molar-refractivity contribution < 1.29 is 13.2 Å². The highest BCUT2D eigenvalue weighted by atomic mass is 19.4. The molecule has 3 nitrogen and oxygen atoms in total. The fourth-order valence-corrected chi connectivity index (χ4v) is 1.87. The van der Waals surface area contributed by atoms with Crippen LogP contribution in [0.25, 0.3) is 0 Å². The predicted octanol–water partition coefficient (Wildman–Crippen LogP) is 2.55. The van der Waals surface area contributed by atoms with Gasteiger partial charge in [-0.15, -0.1) is 0 Å². The monoisotopic (exact) mass is 247 g/mol. The van der Waals surface area contributed by atoms with Crippen LogP contribution in [0.5, 0.6) is 0 Å². The van der Waals surface area contributed by atoms with E-state index in [9.17, 15) is 13.2 Å². The molecule has 1 heterocycles. The quantitative estimate of drug-likeness (QED) is 0.886. The van der Waals surface area contributed by atoms with E-state index in [2.05, 4.69) is 9.97 Å². The molecular weight excluding hydrogens is 231 g/mol. The average molecular weight is 247 g/mol. The topological polar surface area (TPSA) is 31.9 Å². The van der Waals surface area contributed by atoms with E-state index in [0.717, 1.165) is 24.2 Å². The lowest BCUT2D eigenvalue weighted by Crippen LogP contribution is -2.35. The summed E-state index contributed by atoms with van der Waals surface area (Å²) in [7, 11) is 0. The molecule has 0 spiro atoms. The van der Waals surface area contributed by atoms with E-state index in [-0.39, 0.29) is 12.6 Å². The second-order valence-electron chi connectivity index (χ2n) is 4.65. The van der Waals surface area contributed by atoms with Crippen molar-refractivity contribution >= 4 is 0 Å². The van der Waals surface area contributed by atoms with Crippen LogP contribution >= 0.6 is 0 Å². The first-order valence-corrected chi connectivity index (χ1v) is 5.68. The lowest BCUT2D eigenvalue weighted by atomic mass is 10.4. The standard InChI is InChI=1S/C11H16F3N3/c1-7-8(2)16-10(15-7)5-17(9-3-4-9)6-11(12,13)14/h9H,3-6H2,1-2H3,(H,15,16). The number of aryl methyl sites for hydroxylation is 2. The Bertz CT molecular complexity index is 374. The molecule has 1 aliphatic rings. The van der Waals surface area contributed by atoms with Crippen LogP contribution in [0.3, 0.4) is 0 Å². The summed E-state index contributed by atoms with van der Waals surface area (Å²) in [5, 5.41) is 0. The number of imidazole rings is 1. The van der Waals surface area contributed by atoms with Gasteiger partial charge in [0.1, 0.15) is 5.82 Å². The van der Waals surface area contributed by atoms with Crippen molar-refractivity contribution in [1.29, 1.82) is 0 Å². The zero-order valence-corrected chi connectivity index (χ0v) is 9.93. The number of hydrogen-bond acceptors (Lipinski definition) is 2. The summed E-state index contributed by atoms with van der Waals surface area (Å²) in [5.74, 6) is 0.621. The number of nitrogens with one attached hydrogen (secondary N) is 1. The summed E-state index contributed by atoms with van der Waals surface area (Å²) in [6.07, 6.45) is -2.43. The van der Waals surface area contributed by atoms with E-state index >= 15 is 0 Å². The van der Waals surface area contributed by atoms with Gasteiger partial charge < -0.3 is 4.98 Å². The highest BCUT2D eigenvalue weighted by molar-refractivity contribution is 5.11. The number of rotatable bonds is 4. The molecular formula is C11H16F3N3. The van der Waals surface area contributed by atoms with Gasteiger partial charge in [-0.25, -0.2) is 4.98 Å². The number of hydrogen-bond donors (Lipinski definition) is 1. The number of nitrogens with zero attached hydrogens (tertiary/aromatic N) is 2. The molecule has 1 aromatic rings. The highest BCUT2D eigenvalue weighted by Crippen LogP contribution is 2.31. The minimum atomic E-state index is -4.14. The fraction of sp³-hybridized carbons (Fsp3) is 0.727. The normalized spacial score (nSPS) is 16.8. The fourth-order valence-electron chi connectivity index (χ4n) is 1.87. The lowest BCUT2D eigenvalue weighted by Gasteiger charge is -2.22. The van der Waals surface area contributed by atoms with Crippen molar-refractivity contribution in [3.05, 3.63) is 17.2 Å². The molecule has 0 aliphatic heterocycles. The van der Waals surface area contributed by atoms with Gasteiger partial charge in [0.05, 0.1) is 18.8 Å². The molecule has 0 radical (unpaired) electrons. The van der Waals surface area contributed by atoms with Crippen molar-refractivity contribution in [2.24, 2.45) is 0 Å². The number of alkyl halides is 3. The van der Waals surface area contributed by atoms with Crippen molar-refractivity contribution in [3.8, 4) is 0 Å². The molecule has 6 heteroatoms. The van der Waals surface area contributed by atoms with Gasteiger partial charge in [-0.1, -0.05) is 0 Å². The predicted molar refractivity (Wildman–Crippen MR) is 57.5 cm³/mol. The summed E-state index contributed by atoms with van der Waals surface area (Å²) in [6.45, 7) is 3.12. The Balaban J connectivity index is 2.02. The first-order valence-electron chi connectivity index (χ1n) is 5.68. The van der Waals surface area contributed by atoms with Crippen molar-refractivity contribution in [2.75, 3.05) is 6.54 Å². The van der Waals surface area contributed by atoms with Crippen LogP contribution in [0, 0.1) is 13.8 Å². The SMILES string of the molecule is Cc1nc(CN(CC(F)(F)F)C2CC2)[nH]c1C. The Morgan fingerprint density at radius 1 is 1.35 bits per heavy atom. The van der Waals surface area contributed by atoms with Gasteiger partial charge in [0.15, 0.2) is 0 Å². The van der Waals surface area contributed by atoms with Crippen molar-refractivity contribution in [2.45, 2.75) is 45.5 Å². The Labute approximate surface area is 98.0 Å². The van der Waals surface area contributed by atoms with E-state index in [4.69, 9.17) is 0 Å². The molecule has 0 atom stereocenters. The minimum Gasteiger partial charge on any atom is -0.345 e. The van der Waals surface area contributed by atoms with Gasteiger partial charge in [0.25, 0.3) is 0 Å². The van der Waals surface area contributed by atoms with Gasteiger partial charge >= 0.3 is 6.18 Å². The second-order valence-corrected chi connectivity index (χ2v) is 4.65. The zero-order chi connectivity index (χ0) is 12.6. The number of aromatic nitrogens is 2. The van der Waals surface area contributed by atoms with Crippen molar-refractivity contribution in [3.63, 3.8) is 0 Å². The summed E-state index contributed by atoms with van der Waals surface area (Å²) in [6, 6.07) is 0.0716. The van der Waals surface area contributed by atoms with Crippen molar-refractivity contribution in [1.82, 2.24) is 14.9 Å². The third-order valence-corrected chi connectivity index (χ3v) is 2.98. The Hall–Kier alpha value is -1.04. The third-order valence-electron chi connectivity index (χ3n) is 2.98. The largest absolute Gasteiger partial charge is 0.401 e. The molecule has 1 N–H and O–H groups in total. The Morgan fingerprint density at radius 2 is 2.00 bits per heavy atom. The van der Waals surface area contributed by atoms with Gasteiger partial charge in [-0.05, 0) is 26.7 Å². The van der Waals surface area contributed by atoms with E-state index in [1.807, 2.05) is 13.8 Å². The van der Waals surface area contributed by atoms with E-state index in [1.54, 1.807) is 0 Å². The third kappa shape index (κ3) is 3.46. The first kappa shape index (κ1) is 12.4. The van der Waals surface area contributed by atoms with Crippen LogP contribution in [-0.4, -0.2) is 33.6 Å². The van der Waals surface area contributed by atoms with Crippen LogP contribution in [0.1, 0.15) is 30.1 Å². The molecule has 1 saturated carbocycles. The van der Waals surface area contributed by atoms with Crippen LogP contribution in [-0.2, 0) is 6.54 Å². The van der Waals surface area contributed by atoms with Gasteiger partial charge in [-0.3, -0.25) is 4.90 Å². The first-order chi connectivity index (χ1) is 7.85. The molecule has 1 aliphatic carbocycles. The maximum Gasteiger partial charge on any atom is 0.401 e. The van der Waals surface area contributed by atoms with Gasteiger partial charge in [0.2, 0.25) is 0 Å². The Kier molecular flexibility index (Phi) is 3.16. The number of H-pyrrole nitrogens is 1. The molecule has 1 fully saturated rings. The molecule has 96 valence electrons. The summed E-state index contributed by atoms with van der Waals surface area (Å²) in [4.78, 5) is 8.70.